The van der Waals surface area contributed by atoms with Crippen LogP contribution in [0.4, 0.5) is 17.1 Å². The maximum absolute atomic E-state index is 5.94. The van der Waals surface area contributed by atoms with Crippen molar-refractivity contribution in [2.45, 2.75) is 0 Å². The van der Waals surface area contributed by atoms with E-state index in [1.165, 1.54) is 0 Å². The number of benzene rings is 6. The Labute approximate surface area is 428 Å². The third-order valence-electron chi connectivity index (χ3n) is 13.5. The van der Waals surface area contributed by atoms with Gasteiger partial charge in [-0.05, 0) is 104 Å². The first-order chi connectivity index (χ1) is 35.3. The Morgan fingerprint density at radius 1 is 0.306 bits per heavy atom. The first-order valence-electron chi connectivity index (χ1n) is 23.7. The fourth-order valence-corrected chi connectivity index (χ4v) is 10.5. The van der Waals surface area contributed by atoms with Gasteiger partial charge in [-0.15, -0.1) is 22.1 Å². The fraction of sp³-hybridized carbons (Fsp3) is 0. The van der Waals surface area contributed by atoms with Crippen LogP contribution in [-0.4, -0.2) is 24.9 Å². The topological polar surface area (TPSA) is 95.9 Å². The molecule has 0 saturated carbocycles. The van der Waals surface area contributed by atoms with Gasteiger partial charge < -0.3 is 14.9 Å². The van der Waals surface area contributed by atoms with Crippen molar-refractivity contribution < 1.29 is 21.1 Å². The molecule has 6 aromatic carbocycles. The first-order valence-corrected chi connectivity index (χ1v) is 23.7. The van der Waals surface area contributed by atoms with Crippen molar-refractivity contribution in [3.8, 4) is 78.8 Å². The molecule has 11 aromatic rings. The number of hydrogen-bond donors (Lipinski definition) is 0. The molecule has 0 radical (unpaired) electrons. The molecule has 0 fully saturated rings. The number of aromatic nitrogens is 7. The number of nitrogens with zero attached hydrogens (tertiary/aromatic N) is 8. The maximum atomic E-state index is 5.94. The van der Waals surface area contributed by atoms with Gasteiger partial charge in [0, 0.05) is 46.7 Å². The summed E-state index contributed by atoms with van der Waals surface area (Å²) < 4.78 is 0. The van der Waals surface area contributed by atoms with Crippen molar-refractivity contribution in [3.63, 3.8) is 0 Å². The fourth-order valence-electron chi connectivity index (χ4n) is 10.5. The molecule has 2 aliphatic heterocycles. The first kappa shape index (κ1) is 43.0. The average molecular weight is 1100 g/mol. The summed E-state index contributed by atoms with van der Waals surface area (Å²) in [6.45, 7) is 0. The second-order valence-corrected chi connectivity index (χ2v) is 17.6. The molecule has 8 nitrogen and oxygen atoms in total. The van der Waals surface area contributed by atoms with Gasteiger partial charge in [0.2, 0.25) is 0 Å². The van der Waals surface area contributed by atoms with Crippen molar-refractivity contribution in [2.24, 2.45) is 0 Å². The molecule has 0 amide bonds. The van der Waals surface area contributed by atoms with E-state index in [9.17, 15) is 0 Å². The standard InChI is InChI=1S/C63H38N8.Pt/c1-5-21-39(22-6-1)50-53-43-29-13-14-30-44(43)55(67-53)52(49-35-17-18-36-64-49)56-47-33-19-37-65-57(47)61(69-56)51(40-23-7-2-8-24-40)54-45-31-15-16-32-46(45)59(68-54)63(60-48-34-20-38-66-58(48)62(50)70-60)71(41-25-9-3-10-26-41)42-27-11-4-12-28-42;/h1-38H;/q-2;+2. The van der Waals surface area contributed by atoms with Crippen LogP contribution in [0.25, 0.3) is 122 Å². The maximum Gasteiger partial charge on any atom is 2.00 e. The Morgan fingerprint density at radius 2 is 0.708 bits per heavy atom. The molecule has 7 heterocycles. The van der Waals surface area contributed by atoms with Crippen molar-refractivity contribution >= 4 is 60.7 Å². The van der Waals surface area contributed by atoms with Gasteiger partial charge in [0.25, 0.3) is 0 Å². The third kappa shape index (κ3) is 6.83. The van der Waals surface area contributed by atoms with Crippen molar-refractivity contribution in [1.29, 1.82) is 0 Å². The zero-order chi connectivity index (χ0) is 46.8. The van der Waals surface area contributed by atoms with E-state index in [1.54, 1.807) is 0 Å². The second kappa shape index (κ2) is 17.7. The van der Waals surface area contributed by atoms with E-state index in [2.05, 4.69) is 163 Å². The summed E-state index contributed by atoms with van der Waals surface area (Å²) in [5.74, 6) is 0. The molecule has 0 N–H and O–H groups in total. The zero-order valence-electron chi connectivity index (χ0n) is 38.3. The van der Waals surface area contributed by atoms with Crippen molar-refractivity contribution in [2.75, 3.05) is 4.90 Å². The summed E-state index contributed by atoms with van der Waals surface area (Å²) in [6, 6.07) is 73.1. The van der Waals surface area contributed by atoms with E-state index in [4.69, 9.17) is 34.9 Å². The molecule has 0 atom stereocenters. The van der Waals surface area contributed by atoms with Gasteiger partial charge in [0.05, 0.1) is 45.5 Å². The Hall–Kier alpha value is -9.10. The van der Waals surface area contributed by atoms with Gasteiger partial charge in [-0.3, -0.25) is 15.0 Å². The smallest absolute Gasteiger partial charge is 0.656 e. The van der Waals surface area contributed by atoms with Gasteiger partial charge in [-0.2, -0.15) is 0 Å². The van der Waals surface area contributed by atoms with Crippen LogP contribution >= 0.6 is 0 Å². The minimum Gasteiger partial charge on any atom is -0.656 e. The number of pyridine rings is 3. The molecule has 1 aliphatic carbocycles. The Morgan fingerprint density at radius 3 is 1.21 bits per heavy atom. The summed E-state index contributed by atoms with van der Waals surface area (Å²) in [7, 11) is 0. The Kier molecular flexibility index (Phi) is 10.6. The van der Waals surface area contributed by atoms with Gasteiger partial charge >= 0.3 is 21.1 Å². The predicted molar refractivity (Wildman–Crippen MR) is 287 cm³/mol. The summed E-state index contributed by atoms with van der Waals surface area (Å²) in [5, 5.41) is 3.84. The molecular weight excluding hydrogens is 1060 g/mol. The van der Waals surface area contributed by atoms with Crippen LogP contribution in [0.3, 0.4) is 0 Å². The predicted octanol–water partition coefficient (Wildman–Crippen LogP) is 15.2. The van der Waals surface area contributed by atoms with Crippen LogP contribution < -0.4 is 14.9 Å². The van der Waals surface area contributed by atoms with Crippen LogP contribution in [0.5, 0.6) is 0 Å². The van der Waals surface area contributed by atoms with E-state index >= 15 is 0 Å². The molecule has 0 saturated heterocycles. The van der Waals surface area contributed by atoms with Gasteiger partial charge in [-0.25, -0.2) is 9.97 Å². The average Bonchev–Trinajstić information content (AvgIpc) is 4.22. The second-order valence-electron chi connectivity index (χ2n) is 17.6. The zero-order valence-corrected chi connectivity index (χ0v) is 40.6. The quantitative estimate of drug-likeness (QED) is 0.162. The number of hydrogen-bond acceptors (Lipinski definition) is 6. The SMILES string of the molecule is [Pt+2].c1ccc(-c2c3nc(c(N(c4ccccc4)c4ccccc4)c4[n-]c(c(-c5ccccc5)c5nc(c(-c6ccccn6)c6[n-]c2c2ccccc62)-c2cccnc2-5)c2ccccc42)-c2cccnc2-3)cc1. The van der Waals surface area contributed by atoms with Gasteiger partial charge in [0.1, 0.15) is 0 Å². The molecule has 0 spiro atoms. The molecule has 72 heavy (non-hydrogen) atoms. The van der Waals surface area contributed by atoms with E-state index < -0.39 is 0 Å². The van der Waals surface area contributed by atoms with E-state index in [-0.39, 0.29) is 21.1 Å². The number of anilines is 3. The molecule has 5 aromatic heterocycles. The number of rotatable bonds is 6. The summed E-state index contributed by atoms with van der Waals surface area (Å²) in [6.07, 6.45) is 5.54. The van der Waals surface area contributed by atoms with E-state index in [1.807, 2.05) is 73.2 Å². The third-order valence-corrected chi connectivity index (χ3v) is 13.5. The molecule has 9 heteroatoms. The van der Waals surface area contributed by atoms with Crippen LogP contribution in [0.2, 0.25) is 0 Å². The minimum absolute atomic E-state index is 0. The van der Waals surface area contributed by atoms with Crippen LogP contribution in [0.1, 0.15) is 0 Å². The van der Waals surface area contributed by atoms with Crippen LogP contribution in [-0.2, 0) is 21.1 Å². The van der Waals surface area contributed by atoms with Crippen molar-refractivity contribution in [3.05, 3.63) is 231 Å². The number of para-hydroxylation sites is 2. The normalized spacial score (nSPS) is 11.5. The summed E-state index contributed by atoms with van der Waals surface area (Å²) in [4.78, 5) is 41.2. The monoisotopic (exact) mass is 1100 g/mol. The van der Waals surface area contributed by atoms with Crippen LogP contribution in [0, 0.1) is 0 Å². The van der Waals surface area contributed by atoms with Gasteiger partial charge in [-0.1, -0.05) is 152 Å². The van der Waals surface area contributed by atoms with Crippen LogP contribution in [0.15, 0.2) is 231 Å². The Bertz CT molecular complexity index is 4140. The Balaban J connectivity index is 0.00000504. The summed E-state index contributed by atoms with van der Waals surface area (Å²) in [5.41, 5.74) is 17.0. The largest absolute Gasteiger partial charge is 2.00 e. The molecule has 14 rings (SSSR count). The molecular formula is C63H38N8Pt. The van der Waals surface area contributed by atoms with Gasteiger partial charge in [0.15, 0.2) is 0 Å². The van der Waals surface area contributed by atoms with E-state index in [0.29, 0.717) is 11.4 Å². The molecule has 8 bridgehead atoms. The molecule has 3 aliphatic rings. The van der Waals surface area contributed by atoms with E-state index in [0.717, 1.165) is 128 Å². The molecule has 0 unspecified atom stereocenters. The minimum atomic E-state index is 0. The van der Waals surface area contributed by atoms with Crippen molar-refractivity contribution in [1.82, 2.24) is 34.9 Å². The molecule has 340 valence electrons. The summed E-state index contributed by atoms with van der Waals surface area (Å²) >= 11 is 0.